The maximum absolute atomic E-state index is 9.37. The quantitative estimate of drug-likeness (QED) is 0.871. The van der Waals surface area contributed by atoms with E-state index in [0.29, 0.717) is 5.69 Å². The maximum Gasteiger partial charge on any atom is 0.109 e. The zero-order chi connectivity index (χ0) is 9.14. The van der Waals surface area contributed by atoms with Gasteiger partial charge in [-0.3, -0.25) is 4.98 Å². The molecule has 3 nitrogen and oxygen atoms in total. The Morgan fingerprint density at radius 3 is 2.75 bits per heavy atom. The molecule has 1 atom stereocenters. The lowest BCUT2D eigenvalue weighted by Crippen LogP contribution is -2.13. The third-order valence-corrected chi connectivity index (χ3v) is 2.44. The highest BCUT2D eigenvalue weighted by Crippen LogP contribution is 2.23. The largest absolute Gasteiger partial charge is 0.385 e. The Bertz CT molecular complexity index is 280. The Kier molecular flexibility index (Phi) is 3.64. The molecule has 1 rings (SSSR count). The van der Waals surface area contributed by atoms with Gasteiger partial charge in [0.1, 0.15) is 6.10 Å². The van der Waals surface area contributed by atoms with Crippen LogP contribution in [0.5, 0.6) is 0 Å². The molecule has 0 amide bonds. The fourth-order valence-electron chi connectivity index (χ4n) is 0.782. The van der Waals surface area contributed by atoms with Crippen LogP contribution in [-0.2, 0) is 0 Å². The first-order chi connectivity index (χ1) is 5.65. The molecular weight excluding hydrogens is 288 g/mol. The first-order valence-corrected chi connectivity index (χ1v) is 4.93. The fraction of sp³-hybridized carbons (Fsp3) is 0.286. The normalized spacial score (nSPS) is 13.0. The van der Waals surface area contributed by atoms with E-state index in [1.54, 1.807) is 6.20 Å². The standard InChI is InChI=1S/C7H8Br2N2O/c8-4-1-5(9)7(11-3-4)6(12)2-10/h1,3,6,12H,2,10H2. The van der Waals surface area contributed by atoms with Crippen molar-refractivity contribution in [3.63, 3.8) is 0 Å². The van der Waals surface area contributed by atoms with Gasteiger partial charge in [-0.25, -0.2) is 0 Å². The Labute approximate surface area is 87.3 Å². The molecule has 1 heterocycles. The minimum absolute atomic E-state index is 0.174. The van der Waals surface area contributed by atoms with Gasteiger partial charge in [0.25, 0.3) is 0 Å². The predicted molar refractivity (Wildman–Crippen MR) is 53.7 cm³/mol. The number of nitrogens with two attached hydrogens (primary N) is 1. The molecule has 0 saturated heterocycles. The van der Waals surface area contributed by atoms with Crippen molar-refractivity contribution >= 4 is 31.9 Å². The van der Waals surface area contributed by atoms with E-state index in [2.05, 4.69) is 36.8 Å². The number of pyridine rings is 1. The van der Waals surface area contributed by atoms with Gasteiger partial charge in [0, 0.05) is 21.7 Å². The number of aromatic nitrogens is 1. The Morgan fingerprint density at radius 1 is 1.58 bits per heavy atom. The van der Waals surface area contributed by atoms with Crippen molar-refractivity contribution in [2.75, 3.05) is 6.54 Å². The van der Waals surface area contributed by atoms with Gasteiger partial charge in [-0.05, 0) is 37.9 Å². The SMILES string of the molecule is NCC(O)c1ncc(Br)cc1Br. The first kappa shape index (κ1) is 10.1. The van der Waals surface area contributed by atoms with Gasteiger partial charge in [0.2, 0.25) is 0 Å². The van der Waals surface area contributed by atoms with E-state index < -0.39 is 6.10 Å². The number of aliphatic hydroxyl groups is 1. The van der Waals surface area contributed by atoms with Gasteiger partial charge in [0.05, 0.1) is 5.69 Å². The van der Waals surface area contributed by atoms with Crippen molar-refractivity contribution in [1.29, 1.82) is 0 Å². The minimum Gasteiger partial charge on any atom is -0.385 e. The molecule has 1 unspecified atom stereocenters. The molecule has 0 saturated carbocycles. The summed E-state index contributed by atoms with van der Waals surface area (Å²) in [5, 5.41) is 9.37. The molecule has 3 N–H and O–H groups in total. The van der Waals surface area contributed by atoms with Crippen LogP contribution in [-0.4, -0.2) is 16.6 Å². The van der Waals surface area contributed by atoms with E-state index in [9.17, 15) is 5.11 Å². The maximum atomic E-state index is 9.37. The van der Waals surface area contributed by atoms with E-state index >= 15 is 0 Å². The van der Waals surface area contributed by atoms with E-state index in [1.807, 2.05) is 6.07 Å². The average molecular weight is 296 g/mol. The molecular formula is C7H8Br2N2O. The highest BCUT2D eigenvalue weighted by Gasteiger charge is 2.10. The van der Waals surface area contributed by atoms with Crippen LogP contribution in [0.2, 0.25) is 0 Å². The molecule has 0 aliphatic heterocycles. The third-order valence-electron chi connectivity index (χ3n) is 1.38. The highest BCUT2D eigenvalue weighted by molar-refractivity contribution is 9.11. The second-order valence-electron chi connectivity index (χ2n) is 2.27. The van der Waals surface area contributed by atoms with Crippen LogP contribution < -0.4 is 5.73 Å². The number of hydrogen-bond acceptors (Lipinski definition) is 3. The third kappa shape index (κ3) is 2.26. The summed E-state index contributed by atoms with van der Waals surface area (Å²) in [5.41, 5.74) is 5.86. The van der Waals surface area contributed by atoms with Crippen LogP contribution in [0.1, 0.15) is 11.8 Å². The van der Waals surface area contributed by atoms with Gasteiger partial charge in [-0.15, -0.1) is 0 Å². The molecule has 1 aromatic heterocycles. The number of rotatable bonds is 2. The molecule has 0 aliphatic rings. The number of aliphatic hydroxyl groups excluding tert-OH is 1. The van der Waals surface area contributed by atoms with E-state index in [4.69, 9.17) is 5.73 Å². The lowest BCUT2D eigenvalue weighted by molar-refractivity contribution is 0.181. The van der Waals surface area contributed by atoms with E-state index in [1.165, 1.54) is 0 Å². The summed E-state index contributed by atoms with van der Waals surface area (Å²) in [6, 6.07) is 1.82. The van der Waals surface area contributed by atoms with Crippen molar-refractivity contribution in [3.8, 4) is 0 Å². The molecule has 0 spiro atoms. The van der Waals surface area contributed by atoms with Crippen LogP contribution in [0.25, 0.3) is 0 Å². The van der Waals surface area contributed by atoms with Crippen molar-refractivity contribution in [2.24, 2.45) is 5.73 Å². The van der Waals surface area contributed by atoms with Gasteiger partial charge < -0.3 is 10.8 Å². The molecule has 0 aromatic carbocycles. The monoisotopic (exact) mass is 294 g/mol. The highest BCUT2D eigenvalue weighted by atomic mass is 79.9. The topological polar surface area (TPSA) is 59.1 Å². The van der Waals surface area contributed by atoms with Gasteiger partial charge in [-0.2, -0.15) is 0 Å². The van der Waals surface area contributed by atoms with E-state index in [-0.39, 0.29) is 6.54 Å². The smallest absolute Gasteiger partial charge is 0.109 e. The predicted octanol–water partition coefficient (Wildman–Crippen LogP) is 1.60. The van der Waals surface area contributed by atoms with Crippen molar-refractivity contribution in [2.45, 2.75) is 6.10 Å². The summed E-state index contributed by atoms with van der Waals surface area (Å²) in [4.78, 5) is 4.02. The molecule has 0 aliphatic carbocycles. The molecule has 0 bridgehead atoms. The van der Waals surface area contributed by atoms with Gasteiger partial charge in [0.15, 0.2) is 0 Å². The lowest BCUT2D eigenvalue weighted by atomic mass is 10.2. The molecule has 0 radical (unpaired) electrons. The second-order valence-corrected chi connectivity index (χ2v) is 4.04. The minimum atomic E-state index is -0.701. The van der Waals surface area contributed by atoms with Gasteiger partial charge >= 0.3 is 0 Å². The number of halogens is 2. The van der Waals surface area contributed by atoms with Crippen LogP contribution >= 0.6 is 31.9 Å². The van der Waals surface area contributed by atoms with Crippen molar-refractivity contribution in [3.05, 3.63) is 26.9 Å². The fourth-order valence-corrected chi connectivity index (χ4v) is 2.03. The zero-order valence-electron chi connectivity index (χ0n) is 6.17. The summed E-state index contributed by atoms with van der Waals surface area (Å²) in [6.45, 7) is 0.174. The lowest BCUT2D eigenvalue weighted by Gasteiger charge is -2.08. The summed E-state index contributed by atoms with van der Waals surface area (Å²) in [6.07, 6.45) is 0.923. The zero-order valence-corrected chi connectivity index (χ0v) is 9.34. The number of hydrogen-bond donors (Lipinski definition) is 2. The Hall–Kier alpha value is 0.0300. The van der Waals surface area contributed by atoms with Crippen LogP contribution in [0.15, 0.2) is 21.2 Å². The summed E-state index contributed by atoms with van der Waals surface area (Å²) >= 11 is 6.54. The summed E-state index contributed by atoms with van der Waals surface area (Å²) in [5.74, 6) is 0. The Balaban J connectivity index is 3.01. The van der Waals surface area contributed by atoms with Crippen molar-refractivity contribution < 1.29 is 5.11 Å². The van der Waals surface area contributed by atoms with Crippen molar-refractivity contribution in [1.82, 2.24) is 4.98 Å². The number of nitrogens with zero attached hydrogens (tertiary/aromatic N) is 1. The van der Waals surface area contributed by atoms with Gasteiger partial charge in [-0.1, -0.05) is 0 Å². The Morgan fingerprint density at radius 2 is 2.25 bits per heavy atom. The second kappa shape index (κ2) is 4.32. The average Bonchev–Trinajstić information content (AvgIpc) is 2.03. The molecule has 5 heteroatoms. The molecule has 12 heavy (non-hydrogen) atoms. The summed E-state index contributed by atoms with van der Waals surface area (Å²) < 4.78 is 1.62. The van der Waals surface area contributed by atoms with Crippen LogP contribution in [0.4, 0.5) is 0 Å². The van der Waals surface area contributed by atoms with E-state index in [0.717, 1.165) is 8.95 Å². The molecule has 66 valence electrons. The van der Waals surface area contributed by atoms with Crippen LogP contribution in [0, 0.1) is 0 Å². The summed E-state index contributed by atoms with van der Waals surface area (Å²) in [7, 11) is 0. The first-order valence-electron chi connectivity index (χ1n) is 3.34. The molecule has 0 fully saturated rings. The van der Waals surface area contributed by atoms with Crippen LogP contribution in [0.3, 0.4) is 0 Å². The molecule has 1 aromatic rings.